The van der Waals surface area contributed by atoms with Gasteiger partial charge in [-0.3, -0.25) is 4.79 Å². The van der Waals surface area contributed by atoms with E-state index in [0.29, 0.717) is 5.56 Å². The molecule has 1 aromatic rings. The Morgan fingerprint density at radius 2 is 2.20 bits per heavy atom. The van der Waals surface area contributed by atoms with E-state index in [9.17, 15) is 9.18 Å². The van der Waals surface area contributed by atoms with Crippen molar-refractivity contribution in [3.05, 3.63) is 35.1 Å². The van der Waals surface area contributed by atoms with Gasteiger partial charge >= 0.3 is 0 Å². The highest BCUT2D eigenvalue weighted by Gasteiger charge is 2.29. The third-order valence-electron chi connectivity index (χ3n) is 2.62. The van der Waals surface area contributed by atoms with Gasteiger partial charge in [-0.1, -0.05) is 19.9 Å². The minimum absolute atomic E-state index is 0.0594. The molecule has 0 aromatic heterocycles. The molecule has 0 fully saturated rings. The lowest BCUT2D eigenvalue weighted by Gasteiger charge is -2.27. The number of benzene rings is 1. The van der Waals surface area contributed by atoms with E-state index in [4.69, 9.17) is 5.48 Å². The van der Waals surface area contributed by atoms with Gasteiger partial charge in [0.25, 0.3) is 0 Å². The molecular formula is C13H15FO. The van der Waals surface area contributed by atoms with Crippen molar-refractivity contribution < 1.29 is 14.7 Å². The average molecular weight is 210 g/mol. The van der Waals surface area contributed by atoms with Crippen LogP contribution in [0.2, 0.25) is 0 Å². The summed E-state index contributed by atoms with van der Waals surface area (Å²) in [5.41, 5.74) is 0.331. The third-order valence-corrected chi connectivity index (χ3v) is 2.62. The summed E-state index contributed by atoms with van der Waals surface area (Å²) < 4.78 is 44.6. The fourth-order valence-corrected chi connectivity index (χ4v) is 1.92. The van der Waals surface area contributed by atoms with E-state index in [-0.39, 0.29) is 11.5 Å². The summed E-state index contributed by atoms with van der Waals surface area (Å²) in [6.45, 7) is 3.54. The molecule has 0 unspecified atom stereocenters. The van der Waals surface area contributed by atoms with E-state index in [0.717, 1.165) is 6.07 Å². The molecule has 1 aliphatic rings. The van der Waals surface area contributed by atoms with E-state index >= 15 is 0 Å². The molecule has 15 heavy (non-hydrogen) atoms. The molecule has 1 aliphatic carbocycles. The molecule has 0 radical (unpaired) electrons. The Bertz CT molecular complexity index is 539. The monoisotopic (exact) mass is 210 g/mol. The summed E-state index contributed by atoms with van der Waals surface area (Å²) in [5, 5.41) is 0. The first-order chi connectivity index (χ1) is 8.60. The average Bonchev–Trinajstić information content (AvgIpc) is 2.28. The van der Waals surface area contributed by atoms with Gasteiger partial charge in [0.15, 0.2) is 0 Å². The zero-order chi connectivity index (χ0) is 14.6. The van der Waals surface area contributed by atoms with Crippen LogP contribution in [0.5, 0.6) is 0 Å². The molecule has 0 spiro atoms. The van der Waals surface area contributed by atoms with Gasteiger partial charge in [-0.2, -0.15) is 0 Å². The molecule has 1 atom stereocenters. The van der Waals surface area contributed by atoms with Gasteiger partial charge in [0.2, 0.25) is 0 Å². The molecule has 0 aliphatic heterocycles. The van der Waals surface area contributed by atoms with Crippen molar-refractivity contribution in [3.63, 3.8) is 0 Å². The smallest absolute Gasteiger partial charge is 0.140 e. The van der Waals surface area contributed by atoms with Gasteiger partial charge < -0.3 is 0 Å². The predicted octanol–water partition coefficient (Wildman–Crippen LogP) is 3.08. The number of hydrogen-bond acceptors (Lipinski definition) is 1. The lowest BCUT2D eigenvalue weighted by atomic mass is 9.76. The van der Waals surface area contributed by atoms with Crippen LogP contribution in [0.25, 0.3) is 0 Å². The third kappa shape index (κ3) is 1.81. The molecule has 1 nitrogen and oxygen atoms in total. The molecule has 0 bridgehead atoms. The molecule has 2 heteroatoms. The maximum absolute atomic E-state index is 13.3. The first-order valence-electron chi connectivity index (χ1n) is 6.95. The Morgan fingerprint density at radius 3 is 2.87 bits per heavy atom. The largest absolute Gasteiger partial charge is 0.299 e. The van der Waals surface area contributed by atoms with E-state index < -0.39 is 30.3 Å². The van der Waals surface area contributed by atoms with Crippen molar-refractivity contribution in [1.82, 2.24) is 0 Å². The molecule has 0 amide bonds. The van der Waals surface area contributed by atoms with Crippen LogP contribution in [0.3, 0.4) is 0 Å². The number of rotatable bonds is 1. The summed E-state index contributed by atoms with van der Waals surface area (Å²) in [4.78, 5) is 12.2. The number of carbonyl (C=O) groups excluding carboxylic acids is 1. The van der Waals surface area contributed by atoms with Crippen molar-refractivity contribution in [3.8, 4) is 0 Å². The Kier molecular flexibility index (Phi) is 1.61. The van der Waals surface area contributed by atoms with Gasteiger partial charge in [0.1, 0.15) is 11.6 Å². The topological polar surface area (TPSA) is 17.1 Å². The lowest BCUT2D eigenvalue weighted by molar-refractivity contribution is -0.121. The van der Waals surface area contributed by atoms with Crippen LogP contribution in [0.4, 0.5) is 4.39 Å². The Labute approximate surface area is 94.9 Å². The van der Waals surface area contributed by atoms with Crippen molar-refractivity contribution in [2.75, 3.05) is 0 Å². The number of fused-ring (bicyclic) bond motifs is 1. The highest BCUT2D eigenvalue weighted by molar-refractivity contribution is 5.88. The molecular weight excluding hydrogens is 191 g/mol. The first-order valence-corrected chi connectivity index (χ1v) is 4.95. The molecule has 2 rings (SSSR count). The second-order valence-electron chi connectivity index (χ2n) is 4.07. The summed E-state index contributed by atoms with van der Waals surface area (Å²) in [7, 11) is 0. The molecule has 0 N–H and O–H groups in total. The molecule has 1 aromatic carbocycles. The quantitative estimate of drug-likeness (QED) is 0.696. The van der Waals surface area contributed by atoms with Crippen LogP contribution < -0.4 is 0 Å². The summed E-state index contributed by atoms with van der Waals surface area (Å²) in [6.07, 6.45) is -5.17. The first kappa shape index (κ1) is 6.41. The number of carbonyl (C=O) groups is 1. The van der Waals surface area contributed by atoms with Gasteiger partial charge in [-0.05, 0) is 35.6 Å². The fraction of sp³-hybridized carbons (Fsp3) is 0.462. The highest BCUT2D eigenvalue weighted by atomic mass is 19.1. The van der Waals surface area contributed by atoms with E-state index in [1.807, 2.05) is 0 Å². The van der Waals surface area contributed by atoms with Gasteiger partial charge in [-0.25, -0.2) is 4.39 Å². The summed E-state index contributed by atoms with van der Waals surface area (Å²) >= 11 is 0. The summed E-state index contributed by atoms with van der Waals surface area (Å²) in [5.74, 6) is -2.32. The van der Waals surface area contributed by atoms with Crippen molar-refractivity contribution in [2.24, 2.45) is 5.92 Å². The lowest BCUT2D eigenvalue weighted by Crippen LogP contribution is -2.24. The number of hydrogen-bond donors (Lipinski definition) is 0. The zero-order valence-electron chi connectivity index (χ0n) is 12.7. The minimum Gasteiger partial charge on any atom is -0.299 e. The van der Waals surface area contributed by atoms with Crippen LogP contribution in [-0.2, 0) is 11.2 Å². The predicted molar refractivity (Wildman–Crippen MR) is 57.3 cm³/mol. The standard InChI is InChI=1S/C13H15FO/c1-8(2)13-11-5-4-10(14)7-9(11)3-6-12(13)15/h4-5,7-8,13H,3,6H2,1-2H3/t13-/m0/s1/i3D2,6D2. The maximum atomic E-state index is 13.3. The maximum Gasteiger partial charge on any atom is 0.140 e. The van der Waals surface area contributed by atoms with Crippen LogP contribution >= 0.6 is 0 Å². The normalized spacial score (nSPS) is 31.2. The van der Waals surface area contributed by atoms with E-state index in [2.05, 4.69) is 0 Å². The van der Waals surface area contributed by atoms with Gasteiger partial charge in [0, 0.05) is 17.8 Å². The second kappa shape index (κ2) is 3.76. The van der Waals surface area contributed by atoms with Crippen LogP contribution in [0.15, 0.2) is 18.2 Å². The molecule has 0 saturated carbocycles. The second-order valence-corrected chi connectivity index (χ2v) is 4.07. The zero-order valence-corrected chi connectivity index (χ0v) is 8.67. The Balaban J connectivity index is 2.77. The van der Waals surface area contributed by atoms with Crippen LogP contribution in [-0.4, -0.2) is 5.78 Å². The van der Waals surface area contributed by atoms with Gasteiger partial charge in [-0.15, -0.1) is 0 Å². The molecule has 0 heterocycles. The molecule has 80 valence electrons. The van der Waals surface area contributed by atoms with Crippen LogP contribution in [0.1, 0.15) is 42.7 Å². The minimum atomic E-state index is -2.65. The summed E-state index contributed by atoms with van der Waals surface area (Å²) in [6, 6.07) is 3.56. The fourth-order valence-electron chi connectivity index (χ4n) is 1.92. The number of halogens is 1. The van der Waals surface area contributed by atoms with Crippen molar-refractivity contribution in [2.45, 2.75) is 32.5 Å². The number of aryl methyl sites for hydroxylation is 1. The van der Waals surface area contributed by atoms with Gasteiger partial charge in [0.05, 0.1) is 0 Å². The van der Waals surface area contributed by atoms with E-state index in [1.54, 1.807) is 13.8 Å². The van der Waals surface area contributed by atoms with Crippen LogP contribution in [0, 0.1) is 11.7 Å². The Hall–Kier alpha value is -1.18. The van der Waals surface area contributed by atoms with Crippen molar-refractivity contribution in [1.29, 1.82) is 0 Å². The SMILES string of the molecule is [2H]C1([2H])C(=O)[C@@H](C(C)C)c2ccc(F)cc2C1([2H])[2H]. The van der Waals surface area contributed by atoms with Crippen molar-refractivity contribution >= 4 is 5.78 Å². The molecule has 0 saturated heterocycles. The van der Waals surface area contributed by atoms with E-state index in [1.165, 1.54) is 12.1 Å². The Morgan fingerprint density at radius 1 is 1.47 bits per heavy atom. The number of Topliss-reactive ketones (excluding diaryl/α,β-unsaturated/α-hetero) is 1. The number of ketones is 1. The highest BCUT2D eigenvalue weighted by Crippen LogP contribution is 2.34.